The minimum atomic E-state index is 0.578. The van der Waals surface area contributed by atoms with Crippen molar-refractivity contribution in [3.8, 4) is 90.8 Å². The monoisotopic (exact) mass is 1720 g/mol. The van der Waals surface area contributed by atoms with E-state index in [4.69, 9.17) is 38.7 Å². The zero-order chi connectivity index (χ0) is 86.3. The topological polar surface area (TPSA) is 113 Å². The zero-order valence-electron chi connectivity index (χ0n) is 70.5. The Morgan fingerprint density at radius 2 is 0.652 bits per heavy atom. The number of nitrogens with zero attached hydrogens (tertiary/aromatic N) is 8. The van der Waals surface area contributed by atoms with Crippen LogP contribution in [0.15, 0.2) is 421 Å². The molecule has 0 atom stereocenters. The van der Waals surface area contributed by atoms with Crippen molar-refractivity contribution < 1.29 is 8.83 Å². The van der Waals surface area contributed by atoms with Gasteiger partial charge in [-0.15, -0.1) is 22.7 Å². The van der Waals surface area contributed by atoms with Crippen molar-refractivity contribution in [1.29, 1.82) is 0 Å². The van der Waals surface area contributed by atoms with E-state index in [9.17, 15) is 0 Å². The van der Waals surface area contributed by atoms with E-state index in [0.29, 0.717) is 34.9 Å². The Labute approximate surface area is 760 Å². The summed E-state index contributed by atoms with van der Waals surface area (Å²) in [6.07, 6.45) is 0. The summed E-state index contributed by atoms with van der Waals surface area (Å²) in [5.41, 5.74) is 17.3. The lowest BCUT2D eigenvalue weighted by atomic mass is 9.95. The second kappa shape index (κ2) is 29.2. The first-order valence-electron chi connectivity index (χ1n) is 44.4. The highest BCUT2D eigenvalue weighted by Crippen LogP contribution is 2.52. The van der Waals surface area contributed by atoms with Gasteiger partial charge in [-0.2, -0.15) is 0 Å². The highest BCUT2D eigenvalue weighted by molar-refractivity contribution is 7.26. The summed E-state index contributed by atoms with van der Waals surface area (Å²) in [4.78, 5) is 32.6. The third-order valence-electron chi connectivity index (χ3n) is 26.8. The molecule has 132 heavy (non-hydrogen) atoms. The molecule has 0 fully saturated rings. The van der Waals surface area contributed by atoms with Crippen molar-refractivity contribution in [3.63, 3.8) is 0 Å². The average Bonchev–Trinajstić information content (AvgIpc) is 1.53. The van der Waals surface area contributed by atoms with E-state index in [0.717, 1.165) is 153 Å². The number of fused-ring (bicyclic) bond motifs is 25. The van der Waals surface area contributed by atoms with Crippen molar-refractivity contribution in [2.75, 3.05) is 0 Å². The molecule has 10 nitrogen and oxygen atoms in total. The molecule has 0 aliphatic heterocycles. The second-order valence-electron chi connectivity index (χ2n) is 34.2. The standard InChI is InChI=1S/C61H34N4OS.C59H34N4OS/c1-2-15-36-30-41(29-28-35(36)14-1)59-62-60(47-25-13-24-45-42-20-10-12-27-53(42)67-58(45)47)64-61(63-59)55-43-21-7-8-22-44(43)56(57-54(55)46-23-9-11-26-52(46)66-57)65-50-33-39-18-5-3-16-37(39)31-48(50)49-32-38-17-4-6-19-40(38)34-51(49)65;1-2-14-35(15-3-1)37-19-12-20-40(32-37)57-60-58(44-24-13-27-52-54(44)43-23-9-11-26-51(43)65-52)62-59(61-57)45-29-31-48(56-55(45)42-22-8-10-25-50(42)64-56)63-47-30-28-36-16-6-7-21-41(36)53(47)46-33-38-17-4-5-18-39(38)34-49(46)63/h1-34H;1-34H. The number of hydrogen-bond acceptors (Lipinski definition) is 10. The van der Waals surface area contributed by atoms with Gasteiger partial charge >= 0.3 is 0 Å². The maximum Gasteiger partial charge on any atom is 0.165 e. The molecule has 8 aromatic heterocycles. The average molecular weight is 1720 g/mol. The number of benzene rings is 21. The smallest absolute Gasteiger partial charge is 0.165 e. The van der Waals surface area contributed by atoms with Gasteiger partial charge in [0.2, 0.25) is 0 Å². The summed E-state index contributed by atoms with van der Waals surface area (Å²) < 4.78 is 23.9. The number of rotatable bonds is 9. The molecule has 0 aliphatic carbocycles. The lowest BCUT2D eigenvalue weighted by Crippen LogP contribution is -2.03. The van der Waals surface area contributed by atoms with Gasteiger partial charge in [-0.25, -0.2) is 29.9 Å². The van der Waals surface area contributed by atoms with Crippen LogP contribution in [0.1, 0.15) is 0 Å². The number of hydrogen-bond donors (Lipinski definition) is 0. The minimum absolute atomic E-state index is 0.578. The molecule has 29 aromatic rings. The molecular formula is C120H68N8O2S2. The molecule has 0 aliphatic rings. The Kier molecular flexibility index (Phi) is 16.4. The van der Waals surface area contributed by atoms with E-state index in [1.165, 1.54) is 94.9 Å². The summed E-state index contributed by atoms with van der Waals surface area (Å²) in [5.74, 6) is 3.62. The molecule has 0 spiro atoms. The Balaban J connectivity index is 0.000000132. The van der Waals surface area contributed by atoms with E-state index in [-0.39, 0.29) is 0 Å². The van der Waals surface area contributed by atoms with Crippen LogP contribution in [0.4, 0.5) is 0 Å². The normalized spacial score (nSPS) is 12.1. The maximum absolute atomic E-state index is 7.23. The van der Waals surface area contributed by atoms with E-state index in [1.54, 1.807) is 22.7 Å². The fourth-order valence-corrected chi connectivity index (χ4v) is 23.1. The number of para-hydroxylation sites is 2. The van der Waals surface area contributed by atoms with Gasteiger partial charge in [-0.1, -0.05) is 309 Å². The highest BCUT2D eigenvalue weighted by Gasteiger charge is 2.31. The third-order valence-corrected chi connectivity index (χ3v) is 29.1. The van der Waals surface area contributed by atoms with Crippen LogP contribution >= 0.6 is 22.7 Å². The van der Waals surface area contributed by atoms with Crippen molar-refractivity contribution >= 4 is 215 Å². The SMILES string of the molecule is c1ccc(-c2cccc(-c3nc(-c4cccc5sc6ccccc6c45)nc(-c4ccc(-n5c6cc7ccccc7cc6c6c7ccccc7ccc65)c5oc6ccccc6c45)n3)c2)cc1.c1ccc2cc(-c3nc(-c4cccc5c4sc4ccccc45)nc(-c4c5ccccc5c(-n5c6cc7ccccc7cc6c6cc7ccccc7cc65)c5oc6ccccc6c45)n3)ccc2c1. The zero-order valence-corrected chi connectivity index (χ0v) is 72.1. The van der Waals surface area contributed by atoms with E-state index < -0.39 is 0 Å². The Morgan fingerprint density at radius 3 is 1.34 bits per heavy atom. The van der Waals surface area contributed by atoms with Crippen LogP contribution in [0.2, 0.25) is 0 Å². The van der Waals surface area contributed by atoms with Crippen LogP contribution in [0.5, 0.6) is 0 Å². The molecule has 12 heteroatoms. The molecule has 0 N–H and O–H groups in total. The second-order valence-corrected chi connectivity index (χ2v) is 36.3. The Bertz CT molecular complexity index is 9900. The lowest BCUT2D eigenvalue weighted by molar-refractivity contribution is 0.666. The summed E-state index contributed by atoms with van der Waals surface area (Å²) in [6, 6.07) is 147. The molecular weight excluding hydrogens is 1650 g/mol. The fraction of sp³-hybridized carbons (Fsp3) is 0. The van der Waals surface area contributed by atoms with Gasteiger partial charge in [0.1, 0.15) is 11.2 Å². The van der Waals surface area contributed by atoms with Gasteiger partial charge in [-0.05, 0) is 174 Å². The lowest BCUT2D eigenvalue weighted by Gasteiger charge is -2.17. The summed E-state index contributed by atoms with van der Waals surface area (Å²) in [7, 11) is 0. The van der Waals surface area contributed by atoms with E-state index in [2.05, 4.69) is 403 Å². The fourth-order valence-electron chi connectivity index (χ4n) is 20.8. The van der Waals surface area contributed by atoms with Crippen LogP contribution in [0.3, 0.4) is 0 Å². The molecule has 0 amide bonds. The molecule has 0 bridgehead atoms. The number of thiophene rings is 2. The van der Waals surface area contributed by atoms with Crippen LogP contribution in [-0.4, -0.2) is 39.0 Å². The Morgan fingerprint density at radius 1 is 0.205 bits per heavy atom. The first-order valence-corrected chi connectivity index (χ1v) is 46.1. The van der Waals surface area contributed by atoms with Gasteiger partial charge in [0.15, 0.2) is 46.1 Å². The van der Waals surface area contributed by atoms with Gasteiger partial charge < -0.3 is 18.0 Å². The highest BCUT2D eigenvalue weighted by atomic mass is 32.1. The summed E-state index contributed by atoms with van der Waals surface area (Å²) in [6.45, 7) is 0. The van der Waals surface area contributed by atoms with Crippen molar-refractivity contribution in [2.24, 2.45) is 0 Å². The summed E-state index contributed by atoms with van der Waals surface area (Å²) in [5, 5.41) is 27.4. The first kappa shape index (κ1) is 74.0. The predicted molar refractivity (Wildman–Crippen MR) is 552 cm³/mol. The predicted octanol–water partition coefficient (Wildman–Crippen LogP) is 33.1. The molecule has 21 aromatic carbocycles. The van der Waals surface area contributed by atoms with Gasteiger partial charge in [0, 0.05) is 122 Å². The van der Waals surface area contributed by atoms with E-state index >= 15 is 0 Å². The Hall–Kier alpha value is -17.2. The first-order chi connectivity index (χ1) is 65.4. The summed E-state index contributed by atoms with van der Waals surface area (Å²) >= 11 is 3.57. The number of aromatic nitrogens is 8. The molecule has 8 heterocycles. The molecule has 29 rings (SSSR count). The van der Waals surface area contributed by atoms with Gasteiger partial charge in [0.05, 0.1) is 33.4 Å². The minimum Gasteiger partial charge on any atom is -0.454 e. The maximum atomic E-state index is 7.23. The molecule has 0 radical (unpaired) electrons. The van der Waals surface area contributed by atoms with Crippen molar-refractivity contribution in [2.45, 2.75) is 0 Å². The van der Waals surface area contributed by atoms with Crippen LogP contribution in [0, 0.1) is 0 Å². The molecule has 0 saturated carbocycles. The molecule has 0 saturated heterocycles. The van der Waals surface area contributed by atoms with E-state index in [1.807, 2.05) is 18.2 Å². The van der Waals surface area contributed by atoms with Gasteiger partial charge in [0.25, 0.3) is 0 Å². The third kappa shape index (κ3) is 11.5. The van der Waals surface area contributed by atoms with Crippen LogP contribution < -0.4 is 0 Å². The largest absolute Gasteiger partial charge is 0.454 e. The molecule has 0 unspecified atom stereocenters. The van der Waals surface area contributed by atoms with Crippen molar-refractivity contribution in [3.05, 3.63) is 413 Å². The van der Waals surface area contributed by atoms with Gasteiger partial charge in [-0.3, -0.25) is 0 Å². The van der Waals surface area contributed by atoms with Crippen LogP contribution in [0.25, 0.3) is 283 Å². The molecule has 612 valence electrons. The van der Waals surface area contributed by atoms with Crippen molar-refractivity contribution in [1.82, 2.24) is 39.0 Å². The quantitative estimate of drug-likeness (QED) is 0.140. The number of furan rings is 2. The van der Waals surface area contributed by atoms with Crippen LogP contribution in [-0.2, 0) is 0 Å².